The van der Waals surface area contributed by atoms with Gasteiger partial charge in [0.15, 0.2) is 11.0 Å². The normalized spacial score (nSPS) is 11.0. The van der Waals surface area contributed by atoms with Gasteiger partial charge < -0.3 is 14.8 Å². The van der Waals surface area contributed by atoms with Gasteiger partial charge in [-0.1, -0.05) is 41.4 Å². The highest BCUT2D eigenvalue weighted by atomic mass is 35.5. The first-order chi connectivity index (χ1) is 10.1. The van der Waals surface area contributed by atoms with Crippen LogP contribution in [-0.4, -0.2) is 5.11 Å². The van der Waals surface area contributed by atoms with E-state index in [1.54, 1.807) is 12.1 Å². The van der Waals surface area contributed by atoms with Gasteiger partial charge in [-0.2, -0.15) is 0 Å². The average molecular weight is 343 g/mol. The molecule has 0 bridgehead atoms. The van der Waals surface area contributed by atoms with Crippen LogP contribution in [0.3, 0.4) is 0 Å². The number of phenolic OH excluding ortho intramolecular Hbond substituents is 1. The predicted molar refractivity (Wildman–Crippen MR) is 86.7 cm³/mol. The number of nitrogens with one attached hydrogen (secondary N) is 1. The molecule has 2 aromatic carbocycles. The van der Waals surface area contributed by atoms with E-state index in [4.69, 9.17) is 39.2 Å². The maximum atomic E-state index is 9.54. The van der Waals surface area contributed by atoms with Gasteiger partial charge in [-0.3, -0.25) is 0 Å². The number of hydrogen-bond donors (Lipinski definition) is 2. The number of rotatable bonds is 3. The van der Waals surface area contributed by atoms with Gasteiger partial charge in [0.05, 0.1) is 10.0 Å². The van der Waals surface area contributed by atoms with Crippen molar-refractivity contribution in [2.24, 2.45) is 0 Å². The summed E-state index contributed by atoms with van der Waals surface area (Å²) in [5, 5.41) is 14.4. The number of anilines is 1. The molecule has 3 rings (SSSR count). The molecule has 0 spiro atoms. The lowest BCUT2D eigenvalue weighted by atomic mass is 10.1. The van der Waals surface area contributed by atoms with Crippen LogP contribution in [0.2, 0.25) is 15.3 Å². The van der Waals surface area contributed by atoms with Gasteiger partial charge in [-0.05, 0) is 29.8 Å². The van der Waals surface area contributed by atoms with Crippen molar-refractivity contribution in [1.29, 1.82) is 0 Å². The number of para-hydroxylation sites is 1. The summed E-state index contributed by atoms with van der Waals surface area (Å²) in [6, 6.07) is 10.8. The number of aromatic hydroxyl groups is 1. The fraction of sp³-hybridized carbons (Fsp3) is 0.0667. The van der Waals surface area contributed by atoms with Gasteiger partial charge in [0.25, 0.3) is 0 Å². The average Bonchev–Trinajstić information content (AvgIpc) is 2.78. The molecule has 6 heteroatoms. The molecule has 0 aliphatic rings. The molecule has 0 aliphatic heterocycles. The van der Waals surface area contributed by atoms with Crippen molar-refractivity contribution in [2.45, 2.75) is 6.54 Å². The maximum Gasteiger partial charge on any atom is 0.199 e. The Bertz CT molecular complexity index is 791. The first kappa shape index (κ1) is 14.4. The fourth-order valence-corrected chi connectivity index (χ4v) is 2.83. The van der Waals surface area contributed by atoms with E-state index in [0.717, 1.165) is 16.5 Å². The lowest BCUT2D eigenvalue weighted by molar-refractivity contribution is 0.476. The molecule has 0 amide bonds. The first-order valence-corrected chi connectivity index (χ1v) is 7.27. The molecule has 0 unspecified atom stereocenters. The zero-order chi connectivity index (χ0) is 15.0. The molecule has 0 fully saturated rings. The molecule has 0 saturated heterocycles. The van der Waals surface area contributed by atoms with Crippen LogP contribution in [0.25, 0.3) is 11.0 Å². The third-order valence-corrected chi connectivity index (χ3v) is 4.02. The van der Waals surface area contributed by atoms with Crippen LogP contribution in [0.4, 0.5) is 5.69 Å². The Morgan fingerprint density at radius 3 is 2.43 bits per heavy atom. The van der Waals surface area contributed by atoms with Gasteiger partial charge in [-0.15, -0.1) is 0 Å². The van der Waals surface area contributed by atoms with Gasteiger partial charge >= 0.3 is 0 Å². The Morgan fingerprint density at radius 1 is 1.05 bits per heavy atom. The van der Waals surface area contributed by atoms with Crippen molar-refractivity contribution >= 4 is 51.5 Å². The lowest BCUT2D eigenvalue weighted by Gasteiger charge is -2.08. The second-order valence-electron chi connectivity index (χ2n) is 4.49. The molecule has 21 heavy (non-hydrogen) atoms. The molecule has 3 aromatic rings. The van der Waals surface area contributed by atoms with E-state index in [0.29, 0.717) is 17.5 Å². The summed E-state index contributed by atoms with van der Waals surface area (Å²) in [6.07, 6.45) is 0. The summed E-state index contributed by atoms with van der Waals surface area (Å²) in [5.74, 6) is -0.129. The number of phenols is 1. The largest absolute Gasteiger partial charge is 0.505 e. The van der Waals surface area contributed by atoms with Gasteiger partial charge in [0.1, 0.15) is 5.58 Å². The summed E-state index contributed by atoms with van der Waals surface area (Å²) in [6.45, 7) is 0.452. The fourth-order valence-electron chi connectivity index (χ4n) is 2.09. The first-order valence-electron chi connectivity index (χ1n) is 6.14. The third kappa shape index (κ3) is 2.77. The highest BCUT2D eigenvalue weighted by molar-refractivity contribution is 6.37. The minimum atomic E-state index is -0.129. The summed E-state index contributed by atoms with van der Waals surface area (Å²) < 4.78 is 5.49. The summed E-state index contributed by atoms with van der Waals surface area (Å²) >= 11 is 17.9. The predicted octanol–water partition coefficient (Wildman–Crippen LogP) is 5.71. The molecule has 3 nitrogen and oxygen atoms in total. The van der Waals surface area contributed by atoms with Crippen LogP contribution in [0, 0.1) is 0 Å². The molecule has 1 aromatic heterocycles. The van der Waals surface area contributed by atoms with Crippen molar-refractivity contribution < 1.29 is 9.52 Å². The summed E-state index contributed by atoms with van der Waals surface area (Å²) in [7, 11) is 0. The zero-order valence-electron chi connectivity index (χ0n) is 10.7. The standard InChI is InChI=1S/C15H10Cl3NO2/c16-11-5-8(6-12(17)14(11)20)19-7-10-9-3-1-2-4-13(9)21-15(10)18/h1-6,19-20H,7H2. The van der Waals surface area contributed by atoms with E-state index in [1.807, 2.05) is 24.3 Å². The smallest absolute Gasteiger partial charge is 0.199 e. The minimum Gasteiger partial charge on any atom is -0.505 e. The molecule has 0 aliphatic carbocycles. The second-order valence-corrected chi connectivity index (χ2v) is 5.65. The Balaban J connectivity index is 1.88. The quantitative estimate of drug-likeness (QED) is 0.599. The topological polar surface area (TPSA) is 45.4 Å². The Hall–Kier alpha value is -1.55. The van der Waals surface area contributed by atoms with E-state index in [2.05, 4.69) is 5.32 Å². The van der Waals surface area contributed by atoms with Crippen molar-refractivity contribution in [3.8, 4) is 5.75 Å². The van der Waals surface area contributed by atoms with Crippen LogP contribution >= 0.6 is 34.8 Å². The van der Waals surface area contributed by atoms with Crippen LogP contribution < -0.4 is 5.32 Å². The molecule has 0 radical (unpaired) electrons. The Kier molecular flexibility index (Phi) is 3.89. The van der Waals surface area contributed by atoms with Crippen LogP contribution in [0.1, 0.15) is 5.56 Å². The molecular formula is C15H10Cl3NO2. The van der Waals surface area contributed by atoms with Gasteiger partial charge in [-0.25, -0.2) is 0 Å². The van der Waals surface area contributed by atoms with Gasteiger partial charge in [0, 0.05) is 23.2 Å². The third-order valence-electron chi connectivity index (χ3n) is 3.14. The number of fused-ring (bicyclic) bond motifs is 1. The number of furan rings is 1. The molecular weight excluding hydrogens is 333 g/mol. The van der Waals surface area contributed by atoms with Crippen molar-refractivity contribution in [2.75, 3.05) is 5.32 Å². The van der Waals surface area contributed by atoms with Gasteiger partial charge in [0.2, 0.25) is 0 Å². The van der Waals surface area contributed by atoms with Crippen LogP contribution in [0.15, 0.2) is 40.8 Å². The number of halogens is 3. The van der Waals surface area contributed by atoms with Crippen LogP contribution in [-0.2, 0) is 6.54 Å². The van der Waals surface area contributed by atoms with E-state index in [9.17, 15) is 5.11 Å². The SMILES string of the molecule is Oc1c(Cl)cc(NCc2c(Cl)oc3ccccc23)cc1Cl. The molecule has 0 saturated carbocycles. The van der Waals surface area contributed by atoms with Crippen LogP contribution in [0.5, 0.6) is 5.75 Å². The Labute approximate surface area is 136 Å². The lowest BCUT2D eigenvalue weighted by Crippen LogP contribution is -1.99. The van der Waals surface area contributed by atoms with Crippen molar-refractivity contribution in [3.05, 3.63) is 57.2 Å². The highest BCUT2D eigenvalue weighted by Gasteiger charge is 2.12. The van der Waals surface area contributed by atoms with E-state index in [-0.39, 0.29) is 15.8 Å². The van der Waals surface area contributed by atoms with Crippen molar-refractivity contribution in [1.82, 2.24) is 0 Å². The molecule has 108 valence electrons. The number of hydrogen-bond acceptors (Lipinski definition) is 3. The molecule has 1 heterocycles. The summed E-state index contributed by atoms with van der Waals surface area (Å²) in [4.78, 5) is 0. The number of benzene rings is 2. The van der Waals surface area contributed by atoms with E-state index >= 15 is 0 Å². The minimum absolute atomic E-state index is 0.129. The Morgan fingerprint density at radius 2 is 1.71 bits per heavy atom. The zero-order valence-corrected chi connectivity index (χ0v) is 12.9. The maximum absolute atomic E-state index is 9.54. The monoisotopic (exact) mass is 341 g/mol. The second kappa shape index (κ2) is 5.68. The molecule has 0 atom stereocenters. The highest BCUT2D eigenvalue weighted by Crippen LogP contribution is 2.35. The van der Waals surface area contributed by atoms with E-state index in [1.165, 1.54) is 0 Å². The molecule has 2 N–H and O–H groups in total. The van der Waals surface area contributed by atoms with E-state index < -0.39 is 0 Å². The van der Waals surface area contributed by atoms with Crippen molar-refractivity contribution in [3.63, 3.8) is 0 Å². The summed E-state index contributed by atoms with van der Waals surface area (Å²) in [5.41, 5.74) is 2.28.